The topological polar surface area (TPSA) is 67.2 Å². The molecule has 4 nitrogen and oxygen atoms in total. The van der Waals surface area contributed by atoms with E-state index in [0.29, 0.717) is 6.54 Å². The highest BCUT2D eigenvalue weighted by Crippen LogP contribution is 2.62. The average Bonchev–Trinajstić information content (AvgIpc) is 2.73. The lowest BCUT2D eigenvalue weighted by Crippen LogP contribution is -2.33. The molecule has 4 heteroatoms. The second-order valence-electron chi connectivity index (χ2n) is 6.38. The lowest BCUT2D eigenvalue weighted by atomic mass is 10.0. The summed E-state index contributed by atoms with van der Waals surface area (Å²) in [6.45, 7) is 9.21. The molecule has 0 unspecified atom stereocenters. The third kappa shape index (κ3) is 2.45. The first kappa shape index (κ1) is 13.9. The highest BCUT2D eigenvalue weighted by atomic mass is 16.2. The lowest BCUT2D eigenvalue weighted by molar-refractivity contribution is 0.250. The van der Waals surface area contributed by atoms with Crippen molar-refractivity contribution >= 4 is 11.7 Å². The number of hydrogen-bond acceptors (Lipinski definition) is 2. The molecule has 0 spiro atoms. The third-order valence-electron chi connectivity index (χ3n) is 4.74. The van der Waals surface area contributed by atoms with Crippen LogP contribution in [0.4, 0.5) is 10.5 Å². The molecule has 0 radical (unpaired) electrons. The maximum atomic E-state index is 11.9. The number of anilines is 1. The van der Waals surface area contributed by atoms with E-state index in [0.717, 1.165) is 11.3 Å². The molecule has 0 saturated heterocycles. The van der Waals surface area contributed by atoms with E-state index in [4.69, 9.17) is 5.73 Å². The number of urea groups is 1. The van der Waals surface area contributed by atoms with Gasteiger partial charge in [-0.2, -0.15) is 0 Å². The van der Waals surface area contributed by atoms with Crippen LogP contribution in [0.2, 0.25) is 0 Å². The molecule has 1 fully saturated rings. The van der Waals surface area contributed by atoms with Crippen LogP contribution in [0.15, 0.2) is 24.3 Å². The van der Waals surface area contributed by atoms with Gasteiger partial charge in [0.25, 0.3) is 0 Å². The number of amides is 2. The normalized spacial score (nSPS) is 19.8. The molecule has 0 aromatic heterocycles. The first-order chi connectivity index (χ1) is 8.79. The Morgan fingerprint density at radius 2 is 1.68 bits per heavy atom. The van der Waals surface area contributed by atoms with Gasteiger partial charge in [0.1, 0.15) is 0 Å². The van der Waals surface area contributed by atoms with Crippen molar-refractivity contribution in [2.75, 3.05) is 5.32 Å². The van der Waals surface area contributed by atoms with Crippen molar-refractivity contribution in [2.45, 2.75) is 40.3 Å². The number of rotatable bonds is 3. The van der Waals surface area contributed by atoms with Crippen LogP contribution in [0.5, 0.6) is 0 Å². The Balaban J connectivity index is 1.92. The third-order valence-corrected chi connectivity index (χ3v) is 4.74. The fourth-order valence-corrected chi connectivity index (χ4v) is 2.58. The van der Waals surface area contributed by atoms with Gasteiger partial charge in [-0.3, -0.25) is 0 Å². The van der Waals surface area contributed by atoms with Crippen molar-refractivity contribution < 1.29 is 4.79 Å². The van der Waals surface area contributed by atoms with E-state index >= 15 is 0 Å². The number of nitrogens with two attached hydrogens (primary N) is 1. The molecule has 1 saturated carbocycles. The Morgan fingerprint density at radius 3 is 2.11 bits per heavy atom. The van der Waals surface area contributed by atoms with Crippen molar-refractivity contribution in [3.05, 3.63) is 29.8 Å². The minimum Gasteiger partial charge on any atom is -0.334 e. The number of carbonyl (C=O) groups excluding carboxylic acids is 1. The molecular weight excluding hydrogens is 238 g/mol. The molecule has 1 aliphatic carbocycles. The summed E-state index contributed by atoms with van der Waals surface area (Å²) in [6, 6.07) is 7.63. The van der Waals surface area contributed by atoms with E-state index in [9.17, 15) is 4.79 Å². The maximum absolute atomic E-state index is 11.9. The zero-order valence-electron chi connectivity index (χ0n) is 12.1. The molecule has 0 heterocycles. The van der Waals surface area contributed by atoms with Gasteiger partial charge in [-0.1, -0.05) is 39.8 Å². The van der Waals surface area contributed by atoms with Crippen LogP contribution >= 0.6 is 0 Å². The van der Waals surface area contributed by atoms with Crippen molar-refractivity contribution in [1.29, 1.82) is 0 Å². The Labute approximate surface area is 114 Å². The molecule has 1 aromatic rings. The molecule has 4 N–H and O–H groups in total. The van der Waals surface area contributed by atoms with Crippen molar-refractivity contribution in [3.8, 4) is 0 Å². The van der Waals surface area contributed by atoms with E-state index in [2.05, 4.69) is 38.3 Å². The van der Waals surface area contributed by atoms with E-state index in [-0.39, 0.29) is 22.9 Å². The molecule has 0 aliphatic heterocycles. The minimum absolute atomic E-state index is 0.147. The van der Waals surface area contributed by atoms with Gasteiger partial charge in [0, 0.05) is 18.3 Å². The quantitative estimate of drug-likeness (QED) is 0.783. The van der Waals surface area contributed by atoms with Gasteiger partial charge in [-0.15, -0.1) is 0 Å². The standard InChI is InChI=1S/C15H23N3O/c1-14(2)12(15(14,3)4)18-13(19)17-11-7-5-10(9-16)6-8-11/h5-8,12H,9,16H2,1-4H3,(H2,17,18,19). The van der Waals surface area contributed by atoms with Crippen LogP contribution in [0.25, 0.3) is 0 Å². The second kappa shape index (κ2) is 4.53. The van der Waals surface area contributed by atoms with Gasteiger partial charge in [0.05, 0.1) is 0 Å². The lowest BCUT2D eigenvalue weighted by Gasteiger charge is -2.09. The molecule has 1 aromatic carbocycles. The SMILES string of the molecule is CC1(C)C(NC(=O)Nc2ccc(CN)cc2)C1(C)C. The van der Waals surface area contributed by atoms with Crippen LogP contribution in [0.1, 0.15) is 33.3 Å². The fraction of sp³-hybridized carbons (Fsp3) is 0.533. The van der Waals surface area contributed by atoms with Crippen LogP contribution in [-0.2, 0) is 6.54 Å². The molecular formula is C15H23N3O. The minimum atomic E-state index is -0.149. The van der Waals surface area contributed by atoms with Crippen LogP contribution in [-0.4, -0.2) is 12.1 Å². The van der Waals surface area contributed by atoms with E-state index < -0.39 is 0 Å². The molecule has 1 aliphatic rings. The summed E-state index contributed by atoms with van der Waals surface area (Å²) in [5.41, 5.74) is 7.66. The van der Waals surface area contributed by atoms with Gasteiger partial charge >= 0.3 is 6.03 Å². The summed E-state index contributed by atoms with van der Waals surface area (Å²) >= 11 is 0. The molecule has 19 heavy (non-hydrogen) atoms. The highest BCUT2D eigenvalue weighted by molar-refractivity contribution is 5.89. The van der Waals surface area contributed by atoms with Crippen LogP contribution in [0, 0.1) is 10.8 Å². The first-order valence-corrected chi connectivity index (χ1v) is 6.65. The number of hydrogen-bond donors (Lipinski definition) is 3. The van der Waals surface area contributed by atoms with Crippen molar-refractivity contribution in [1.82, 2.24) is 5.32 Å². The van der Waals surface area contributed by atoms with Crippen molar-refractivity contribution in [2.24, 2.45) is 16.6 Å². The molecule has 0 bridgehead atoms. The summed E-state index contributed by atoms with van der Waals surface area (Å²) in [4.78, 5) is 11.9. The number of nitrogens with one attached hydrogen (secondary N) is 2. The fourth-order valence-electron chi connectivity index (χ4n) is 2.58. The number of carbonyl (C=O) groups is 1. The summed E-state index contributed by atoms with van der Waals surface area (Å²) in [5.74, 6) is 0. The zero-order chi connectivity index (χ0) is 14.3. The number of benzene rings is 1. The summed E-state index contributed by atoms with van der Waals surface area (Å²) in [5, 5.41) is 5.89. The van der Waals surface area contributed by atoms with E-state index in [1.54, 1.807) is 0 Å². The summed E-state index contributed by atoms with van der Waals surface area (Å²) < 4.78 is 0. The largest absolute Gasteiger partial charge is 0.334 e. The Kier molecular flexibility index (Phi) is 3.31. The van der Waals surface area contributed by atoms with Crippen LogP contribution < -0.4 is 16.4 Å². The average molecular weight is 261 g/mol. The van der Waals surface area contributed by atoms with Crippen LogP contribution in [0.3, 0.4) is 0 Å². The predicted molar refractivity (Wildman–Crippen MR) is 77.8 cm³/mol. The summed E-state index contributed by atoms with van der Waals surface area (Å²) in [7, 11) is 0. The summed E-state index contributed by atoms with van der Waals surface area (Å²) in [6.07, 6.45) is 0. The van der Waals surface area contributed by atoms with Gasteiger partial charge < -0.3 is 16.4 Å². The first-order valence-electron chi connectivity index (χ1n) is 6.65. The van der Waals surface area contributed by atoms with Gasteiger partial charge in [-0.25, -0.2) is 4.79 Å². The Bertz CT molecular complexity index is 463. The smallest absolute Gasteiger partial charge is 0.319 e. The van der Waals surface area contributed by atoms with Gasteiger partial charge in [-0.05, 0) is 28.5 Å². The molecule has 2 amide bonds. The van der Waals surface area contributed by atoms with Crippen molar-refractivity contribution in [3.63, 3.8) is 0 Å². The monoisotopic (exact) mass is 261 g/mol. The Hall–Kier alpha value is -1.55. The Morgan fingerprint density at radius 1 is 1.16 bits per heavy atom. The molecule has 104 valence electrons. The van der Waals surface area contributed by atoms with Gasteiger partial charge in [0.15, 0.2) is 0 Å². The van der Waals surface area contributed by atoms with E-state index in [1.807, 2.05) is 24.3 Å². The van der Waals surface area contributed by atoms with Gasteiger partial charge in [0.2, 0.25) is 0 Å². The highest BCUT2D eigenvalue weighted by Gasteiger charge is 2.65. The maximum Gasteiger partial charge on any atom is 0.319 e. The second-order valence-corrected chi connectivity index (χ2v) is 6.38. The molecule has 2 rings (SSSR count). The predicted octanol–water partition coefficient (Wildman–Crippen LogP) is 2.70. The zero-order valence-corrected chi connectivity index (χ0v) is 12.1. The van der Waals surface area contributed by atoms with E-state index in [1.165, 1.54) is 0 Å². The molecule has 0 atom stereocenters.